The lowest BCUT2D eigenvalue weighted by atomic mass is 9.96. The van der Waals surface area contributed by atoms with Crippen LogP contribution in [0.5, 0.6) is 0 Å². The summed E-state index contributed by atoms with van der Waals surface area (Å²) in [6.45, 7) is 9.42. The van der Waals surface area contributed by atoms with E-state index in [-0.39, 0.29) is 5.41 Å². The smallest absolute Gasteiger partial charge is 0.232 e. The summed E-state index contributed by atoms with van der Waals surface area (Å²) in [4.78, 5) is 9.00. The maximum Gasteiger partial charge on any atom is 0.232 e. The first kappa shape index (κ1) is 16.2. The number of hydrogen-bond acceptors (Lipinski definition) is 5. The third-order valence-corrected chi connectivity index (χ3v) is 4.26. The average molecular weight is 321 g/mol. The first-order valence-electron chi connectivity index (χ1n) is 8.49. The SMILES string of the molecule is CCNC(=NCc1noc(C(C)(C)C)n1)NC1CC2CCC1O2. The lowest BCUT2D eigenvalue weighted by molar-refractivity contribution is 0.0992. The van der Waals surface area contributed by atoms with E-state index >= 15 is 0 Å². The van der Waals surface area contributed by atoms with Crippen molar-refractivity contribution in [2.24, 2.45) is 4.99 Å². The minimum Gasteiger partial charge on any atom is -0.373 e. The van der Waals surface area contributed by atoms with Gasteiger partial charge >= 0.3 is 0 Å². The van der Waals surface area contributed by atoms with Gasteiger partial charge in [-0.15, -0.1) is 0 Å². The molecular weight excluding hydrogens is 294 g/mol. The highest BCUT2D eigenvalue weighted by Crippen LogP contribution is 2.34. The third kappa shape index (κ3) is 3.83. The molecule has 2 aliphatic heterocycles. The Balaban J connectivity index is 1.61. The van der Waals surface area contributed by atoms with E-state index in [4.69, 9.17) is 9.26 Å². The van der Waals surface area contributed by atoms with Gasteiger partial charge in [-0.3, -0.25) is 0 Å². The number of guanidine groups is 1. The predicted octanol–water partition coefficient (Wildman–Crippen LogP) is 1.74. The van der Waals surface area contributed by atoms with E-state index in [0.717, 1.165) is 25.3 Å². The van der Waals surface area contributed by atoms with E-state index < -0.39 is 0 Å². The van der Waals surface area contributed by atoms with Crippen LogP contribution in [0, 0.1) is 0 Å². The fraction of sp³-hybridized carbons (Fsp3) is 0.812. The zero-order valence-electron chi connectivity index (χ0n) is 14.4. The molecule has 0 spiro atoms. The quantitative estimate of drug-likeness (QED) is 0.649. The summed E-state index contributed by atoms with van der Waals surface area (Å²) < 4.78 is 11.2. The highest BCUT2D eigenvalue weighted by Gasteiger charge is 2.41. The van der Waals surface area contributed by atoms with Crippen molar-refractivity contribution in [3.63, 3.8) is 0 Å². The molecule has 0 aliphatic carbocycles. The number of aromatic nitrogens is 2. The molecule has 2 aliphatic rings. The monoisotopic (exact) mass is 321 g/mol. The molecule has 0 radical (unpaired) electrons. The van der Waals surface area contributed by atoms with E-state index in [0.29, 0.717) is 36.5 Å². The molecule has 7 nitrogen and oxygen atoms in total. The maximum atomic E-state index is 5.88. The maximum absolute atomic E-state index is 5.88. The standard InChI is InChI=1S/C16H27N5O2/c1-5-17-15(19-11-8-10-6-7-12(11)22-10)18-9-13-20-14(23-21-13)16(2,3)4/h10-12H,5-9H2,1-4H3,(H2,17,18,19). The summed E-state index contributed by atoms with van der Waals surface area (Å²) >= 11 is 0. The van der Waals surface area contributed by atoms with E-state index in [1.807, 2.05) is 20.8 Å². The molecule has 3 heterocycles. The number of rotatable bonds is 4. The molecule has 3 unspecified atom stereocenters. The van der Waals surface area contributed by atoms with Gasteiger partial charge < -0.3 is 19.9 Å². The van der Waals surface area contributed by atoms with Gasteiger partial charge in [-0.25, -0.2) is 4.99 Å². The molecule has 2 fully saturated rings. The van der Waals surface area contributed by atoms with Crippen molar-refractivity contribution in [3.8, 4) is 0 Å². The van der Waals surface area contributed by atoms with Gasteiger partial charge in [-0.1, -0.05) is 25.9 Å². The van der Waals surface area contributed by atoms with Crippen molar-refractivity contribution in [2.75, 3.05) is 6.54 Å². The van der Waals surface area contributed by atoms with Crippen LogP contribution in [0.15, 0.2) is 9.52 Å². The highest BCUT2D eigenvalue weighted by atomic mass is 16.5. The van der Waals surface area contributed by atoms with Gasteiger partial charge in [0.05, 0.1) is 18.2 Å². The van der Waals surface area contributed by atoms with Gasteiger partial charge in [0, 0.05) is 12.0 Å². The molecule has 7 heteroatoms. The Bertz CT molecular complexity index is 563. The first-order chi connectivity index (χ1) is 11.0. The number of hydrogen-bond donors (Lipinski definition) is 2. The number of fused-ring (bicyclic) bond motifs is 2. The van der Waals surface area contributed by atoms with Crippen LogP contribution in [-0.4, -0.2) is 40.9 Å². The molecule has 3 rings (SSSR count). The second-order valence-corrected chi connectivity index (χ2v) is 7.32. The number of aliphatic imine (C=N–C) groups is 1. The van der Waals surface area contributed by atoms with Gasteiger partial charge in [-0.05, 0) is 26.2 Å². The molecule has 0 amide bonds. The fourth-order valence-electron chi connectivity index (χ4n) is 3.06. The van der Waals surface area contributed by atoms with E-state index in [1.165, 1.54) is 6.42 Å². The topological polar surface area (TPSA) is 84.6 Å². The molecule has 0 saturated carbocycles. The Hall–Kier alpha value is -1.63. The van der Waals surface area contributed by atoms with E-state index in [1.54, 1.807) is 0 Å². The Morgan fingerprint density at radius 1 is 1.35 bits per heavy atom. The Kier molecular flexibility index (Phi) is 4.57. The Morgan fingerprint density at radius 2 is 2.17 bits per heavy atom. The minimum absolute atomic E-state index is 0.141. The Morgan fingerprint density at radius 3 is 2.74 bits per heavy atom. The summed E-state index contributed by atoms with van der Waals surface area (Å²) in [6, 6.07) is 0.349. The number of nitrogens with one attached hydrogen (secondary N) is 2. The summed E-state index contributed by atoms with van der Waals surface area (Å²) in [5.41, 5.74) is -0.141. The zero-order chi connectivity index (χ0) is 16.4. The van der Waals surface area contributed by atoms with Crippen molar-refractivity contribution in [2.45, 2.75) is 77.2 Å². The number of nitrogens with zero attached hydrogens (tertiary/aromatic N) is 3. The van der Waals surface area contributed by atoms with Crippen LogP contribution in [0.2, 0.25) is 0 Å². The van der Waals surface area contributed by atoms with Crippen LogP contribution in [0.4, 0.5) is 0 Å². The zero-order valence-corrected chi connectivity index (χ0v) is 14.4. The van der Waals surface area contributed by atoms with Crippen molar-refractivity contribution in [3.05, 3.63) is 11.7 Å². The lowest BCUT2D eigenvalue weighted by Crippen LogP contribution is -2.47. The van der Waals surface area contributed by atoms with E-state index in [9.17, 15) is 0 Å². The minimum atomic E-state index is -0.141. The van der Waals surface area contributed by atoms with Crippen LogP contribution in [0.3, 0.4) is 0 Å². The van der Waals surface area contributed by atoms with Gasteiger partial charge in [-0.2, -0.15) is 4.98 Å². The normalized spacial score (nSPS) is 27.5. The van der Waals surface area contributed by atoms with Crippen LogP contribution in [0.25, 0.3) is 0 Å². The average Bonchev–Trinajstić information content (AvgIpc) is 3.20. The fourth-order valence-corrected chi connectivity index (χ4v) is 3.06. The highest BCUT2D eigenvalue weighted by molar-refractivity contribution is 5.80. The lowest BCUT2D eigenvalue weighted by Gasteiger charge is -2.22. The van der Waals surface area contributed by atoms with Crippen molar-refractivity contribution in [1.82, 2.24) is 20.8 Å². The van der Waals surface area contributed by atoms with Gasteiger partial charge in [0.15, 0.2) is 11.8 Å². The largest absolute Gasteiger partial charge is 0.373 e. The molecule has 1 aromatic heterocycles. The van der Waals surface area contributed by atoms with E-state index in [2.05, 4.69) is 32.7 Å². The molecular formula is C16H27N5O2. The molecule has 1 aromatic rings. The predicted molar refractivity (Wildman–Crippen MR) is 87.2 cm³/mol. The molecule has 3 atom stereocenters. The van der Waals surface area contributed by atoms with Crippen molar-refractivity contribution >= 4 is 5.96 Å². The number of ether oxygens (including phenoxy) is 1. The molecule has 2 bridgehead atoms. The second kappa shape index (κ2) is 6.47. The van der Waals surface area contributed by atoms with Crippen LogP contribution < -0.4 is 10.6 Å². The summed E-state index contributed by atoms with van der Waals surface area (Å²) in [7, 11) is 0. The summed E-state index contributed by atoms with van der Waals surface area (Å²) in [5.74, 6) is 2.04. The molecule has 23 heavy (non-hydrogen) atoms. The molecule has 2 saturated heterocycles. The first-order valence-corrected chi connectivity index (χ1v) is 8.49. The van der Waals surface area contributed by atoms with Gasteiger partial charge in [0.2, 0.25) is 5.89 Å². The summed E-state index contributed by atoms with van der Waals surface area (Å²) in [6.07, 6.45) is 4.13. The summed E-state index contributed by atoms with van der Waals surface area (Å²) in [5, 5.41) is 10.8. The molecule has 128 valence electrons. The van der Waals surface area contributed by atoms with Crippen LogP contribution in [-0.2, 0) is 16.7 Å². The van der Waals surface area contributed by atoms with Crippen LogP contribution >= 0.6 is 0 Å². The third-order valence-electron chi connectivity index (χ3n) is 4.26. The molecule has 0 aromatic carbocycles. The van der Waals surface area contributed by atoms with Crippen molar-refractivity contribution in [1.29, 1.82) is 0 Å². The van der Waals surface area contributed by atoms with Gasteiger partial charge in [0.25, 0.3) is 0 Å². The second-order valence-electron chi connectivity index (χ2n) is 7.32. The van der Waals surface area contributed by atoms with Crippen LogP contribution in [0.1, 0.15) is 58.7 Å². The van der Waals surface area contributed by atoms with Crippen molar-refractivity contribution < 1.29 is 9.26 Å². The molecule has 2 N–H and O–H groups in total. The Labute approximate surface area is 137 Å². The van der Waals surface area contributed by atoms with Gasteiger partial charge in [0.1, 0.15) is 6.54 Å².